The molecule has 1 aromatic carbocycles. The maximum absolute atomic E-state index is 12.4. The van der Waals surface area contributed by atoms with Crippen LogP contribution >= 0.6 is 0 Å². The summed E-state index contributed by atoms with van der Waals surface area (Å²) in [4.78, 5) is 29.8. The van der Waals surface area contributed by atoms with Crippen LogP contribution in [0.1, 0.15) is 6.42 Å². The predicted octanol–water partition coefficient (Wildman–Crippen LogP) is 0.563. The molecule has 3 heterocycles. The van der Waals surface area contributed by atoms with E-state index in [4.69, 9.17) is 4.74 Å². The van der Waals surface area contributed by atoms with Crippen LogP contribution < -0.4 is 0 Å². The highest BCUT2D eigenvalue weighted by Gasteiger charge is 2.48. The van der Waals surface area contributed by atoms with E-state index in [-0.39, 0.29) is 30.6 Å². The second-order valence-electron chi connectivity index (χ2n) is 5.22. The lowest BCUT2D eigenvalue weighted by Gasteiger charge is -2.25. The summed E-state index contributed by atoms with van der Waals surface area (Å²) in [7, 11) is 0. The van der Waals surface area contributed by atoms with Crippen molar-refractivity contribution >= 4 is 22.9 Å². The number of aromatic nitrogens is 2. The minimum Gasteiger partial charge on any atom is -0.459 e. The Hall–Kier alpha value is -2.37. The van der Waals surface area contributed by atoms with E-state index < -0.39 is 0 Å². The third kappa shape index (κ3) is 1.61. The van der Waals surface area contributed by atoms with Crippen LogP contribution in [0.5, 0.6) is 0 Å². The van der Waals surface area contributed by atoms with Crippen LogP contribution in [0.15, 0.2) is 30.6 Å². The number of morpholine rings is 1. The summed E-state index contributed by atoms with van der Waals surface area (Å²) in [5, 5.41) is 0. The molecule has 2 fully saturated rings. The van der Waals surface area contributed by atoms with E-state index >= 15 is 0 Å². The lowest BCUT2D eigenvalue weighted by atomic mass is 10.2. The first-order valence-electron chi connectivity index (χ1n) is 6.62. The molecular weight excluding hydrogens is 258 g/mol. The molecule has 2 atom stereocenters. The van der Waals surface area contributed by atoms with Crippen LogP contribution in [-0.4, -0.2) is 45.0 Å². The molecule has 2 aliphatic heterocycles. The molecule has 2 unspecified atom stereocenters. The summed E-state index contributed by atoms with van der Waals surface area (Å²) in [6, 6.07) is 7.28. The van der Waals surface area contributed by atoms with Crippen LogP contribution in [0.25, 0.3) is 11.0 Å². The zero-order chi connectivity index (χ0) is 13.7. The van der Waals surface area contributed by atoms with Gasteiger partial charge in [0.25, 0.3) is 0 Å². The number of ether oxygens (including phenoxy) is 1. The number of hydrogen-bond donors (Lipinski definition) is 0. The van der Waals surface area contributed by atoms with Crippen molar-refractivity contribution in [2.24, 2.45) is 0 Å². The van der Waals surface area contributed by atoms with Crippen molar-refractivity contribution in [1.82, 2.24) is 14.5 Å². The third-order valence-corrected chi connectivity index (χ3v) is 3.97. The molecule has 2 saturated heterocycles. The second-order valence-corrected chi connectivity index (χ2v) is 5.22. The highest BCUT2D eigenvalue weighted by Crippen LogP contribution is 2.29. The first-order chi connectivity index (χ1) is 9.72. The Morgan fingerprint density at radius 1 is 1.40 bits per heavy atom. The van der Waals surface area contributed by atoms with Gasteiger partial charge in [0.05, 0.1) is 23.9 Å². The fraction of sp³-hybridized carbons (Fsp3) is 0.357. The highest BCUT2D eigenvalue weighted by molar-refractivity contribution is 5.88. The number of esters is 1. The van der Waals surface area contributed by atoms with Gasteiger partial charge in [0.2, 0.25) is 5.91 Å². The summed E-state index contributed by atoms with van der Waals surface area (Å²) in [6.45, 7) is 0.721. The Kier molecular flexibility index (Phi) is 2.33. The fourth-order valence-electron chi connectivity index (χ4n) is 3.00. The van der Waals surface area contributed by atoms with Crippen LogP contribution in [-0.2, 0) is 20.9 Å². The molecule has 1 aromatic heterocycles. The van der Waals surface area contributed by atoms with E-state index in [1.807, 2.05) is 28.8 Å². The molecule has 20 heavy (non-hydrogen) atoms. The van der Waals surface area contributed by atoms with Crippen molar-refractivity contribution in [3.63, 3.8) is 0 Å². The molecule has 2 aliphatic rings. The van der Waals surface area contributed by atoms with Gasteiger partial charge in [0, 0.05) is 6.42 Å². The van der Waals surface area contributed by atoms with Gasteiger partial charge < -0.3 is 14.2 Å². The zero-order valence-corrected chi connectivity index (χ0v) is 10.7. The third-order valence-electron chi connectivity index (χ3n) is 3.97. The summed E-state index contributed by atoms with van der Waals surface area (Å²) >= 11 is 0. The van der Waals surface area contributed by atoms with E-state index in [9.17, 15) is 9.59 Å². The number of likely N-dealkylation sites (tertiary alicyclic amines) is 1. The van der Waals surface area contributed by atoms with Gasteiger partial charge in [0.15, 0.2) is 0 Å². The van der Waals surface area contributed by atoms with Gasteiger partial charge in [-0.15, -0.1) is 0 Å². The summed E-state index contributed by atoms with van der Waals surface area (Å²) < 4.78 is 6.91. The molecule has 2 aromatic rings. The van der Waals surface area contributed by atoms with Crippen molar-refractivity contribution < 1.29 is 14.3 Å². The molecule has 0 N–H and O–H groups in total. The Morgan fingerprint density at radius 3 is 3.05 bits per heavy atom. The zero-order valence-electron chi connectivity index (χ0n) is 10.7. The highest BCUT2D eigenvalue weighted by atomic mass is 16.6. The Labute approximate surface area is 114 Å². The SMILES string of the molecule is O=C1OC2CC1N(C(=O)Cn1cnc3ccccc31)C2. The molecule has 6 heteroatoms. The van der Waals surface area contributed by atoms with Crippen LogP contribution in [0.2, 0.25) is 0 Å². The summed E-state index contributed by atoms with van der Waals surface area (Å²) in [5.74, 6) is -0.331. The van der Waals surface area contributed by atoms with Crippen LogP contribution in [0.3, 0.4) is 0 Å². The van der Waals surface area contributed by atoms with Gasteiger partial charge in [-0.2, -0.15) is 0 Å². The number of nitrogens with zero attached hydrogens (tertiary/aromatic N) is 3. The minimum absolute atomic E-state index is 0.0581. The van der Waals surface area contributed by atoms with E-state index in [1.54, 1.807) is 11.2 Å². The molecule has 0 radical (unpaired) electrons. The van der Waals surface area contributed by atoms with Crippen LogP contribution in [0.4, 0.5) is 0 Å². The number of hydrogen-bond acceptors (Lipinski definition) is 4. The van der Waals surface area contributed by atoms with Crippen molar-refractivity contribution in [2.45, 2.75) is 25.1 Å². The molecule has 0 spiro atoms. The smallest absolute Gasteiger partial charge is 0.329 e. The number of carbonyl (C=O) groups is 2. The fourth-order valence-corrected chi connectivity index (χ4v) is 3.00. The molecule has 4 rings (SSSR count). The average Bonchev–Trinajstić information content (AvgIpc) is 3.12. The van der Waals surface area contributed by atoms with E-state index in [0.717, 1.165) is 11.0 Å². The van der Waals surface area contributed by atoms with E-state index in [1.165, 1.54) is 0 Å². The number of imidazole rings is 1. The molecule has 0 aliphatic carbocycles. The van der Waals surface area contributed by atoms with Gasteiger partial charge in [-0.05, 0) is 12.1 Å². The van der Waals surface area contributed by atoms with Gasteiger partial charge >= 0.3 is 5.97 Å². The van der Waals surface area contributed by atoms with Crippen molar-refractivity contribution in [2.75, 3.05) is 6.54 Å². The molecule has 0 saturated carbocycles. The maximum atomic E-state index is 12.4. The van der Waals surface area contributed by atoms with Gasteiger partial charge in [-0.3, -0.25) is 4.79 Å². The molecule has 6 nitrogen and oxygen atoms in total. The average molecular weight is 271 g/mol. The molecule has 1 amide bonds. The van der Waals surface area contributed by atoms with Gasteiger partial charge in [0.1, 0.15) is 18.7 Å². The number of fused-ring (bicyclic) bond motifs is 3. The monoisotopic (exact) mass is 271 g/mol. The predicted molar refractivity (Wildman–Crippen MR) is 69.7 cm³/mol. The largest absolute Gasteiger partial charge is 0.459 e. The normalized spacial score (nSPS) is 24.4. The van der Waals surface area contributed by atoms with Gasteiger partial charge in [-0.25, -0.2) is 9.78 Å². The summed E-state index contributed by atoms with van der Waals surface area (Å²) in [6.07, 6.45) is 2.18. The first-order valence-corrected chi connectivity index (χ1v) is 6.62. The van der Waals surface area contributed by atoms with Crippen molar-refractivity contribution in [1.29, 1.82) is 0 Å². The maximum Gasteiger partial charge on any atom is 0.329 e. The second kappa shape index (κ2) is 4.06. The lowest BCUT2D eigenvalue weighted by molar-refractivity contribution is -0.157. The topological polar surface area (TPSA) is 64.4 Å². The van der Waals surface area contributed by atoms with Crippen LogP contribution in [0, 0.1) is 0 Å². The number of amides is 1. The molecule has 102 valence electrons. The number of para-hydroxylation sites is 2. The molecule has 2 bridgehead atoms. The summed E-state index contributed by atoms with van der Waals surface area (Å²) in [5.41, 5.74) is 1.79. The quantitative estimate of drug-likeness (QED) is 0.749. The molecular formula is C14H13N3O3. The Bertz CT molecular complexity index is 709. The van der Waals surface area contributed by atoms with Crippen molar-refractivity contribution in [3.05, 3.63) is 30.6 Å². The number of carbonyl (C=O) groups excluding carboxylic acids is 2. The minimum atomic E-state index is -0.387. The van der Waals surface area contributed by atoms with Gasteiger partial charge in [-0.1, -0.05) is 12.1 Å². The Morgan fingerprint density at radius 2 is 2.25 bits per heavy atom. The van der Waals surface area contributed by atoms with E-state index in [2.05, 4.69) is 4.98 Å². The van der Waals surface area contributed by atoms with E-state index in [0.29, 0.717) is 13.0 Å². The first kappa shape index (κ1) is 11.5. The Balaban J connectivity index is 1.57. The number of benzene rings is 1. The lowest BCUT2D eigenvalue weighted by Crippen LogP contribution is -2.45. The standard InChI is InChI=1S/C14H13N3O3/c18-13(17-6-9-5-12(17)14(19)20-9)7-16-8-15-10-3-1-2-4-11(10)16/h1-4,8-9,12H,5-7H2. The van der Waals surface area contributed by atoms with Crippen molar-refractivity contribution in [3.8, 4) is 0 Å². The number of rotatable bonds is 2.